The van der Waals surface area contributed by atoms with E-state index in [1.807, 2.05) is 13.0 Å². The zero-order chi connectivity index (χ0) is 6.97. The minimum atomic E-state index is 0.741. The minimum Gasteiger partial charge on any atom is -0.461 e. The molecule has 0 radical (unpaired) electrons. The number of fused-ring (bicyclic) bond motifs is 1. The summed E-state index contributed by atoms with van der Waals surface area (Å²) in [6.45, 7) is 1.85. The molecule has 0 saturated heterocycles. The molecule has 0 aliphatic heterocycles. The van der Waals surface area contributed by atoms with Crippen molar-refractivity contribution in [3.8, 4) is 0 Å². The maximum absolute atomic E-state index is 5.05. The molecule has 0 unspecified atom stereocenters. The average molecular weight is 134 g/mol. The van der Waals surface area contributed by atoms with E-state index in [2.05, 4.69) is 9.97 Å². The van der Waals surface area contributed by atoms with Gasteiger partial charge in [0.15, 0.2) is 5.58 Å². The fourth-order valence-electron chi connectivity index (χ4n) is 0.858. The van der Waals surface area contributed by atoms with Crippen LogP contribution in [-0.2, 0) is 0 Å². The van der Waals surface area contributed by atoms with Crippen molar-refractivity contribution >= 4 is 11.1 Å². The van der Waals surface area contributed by atoms with Crippen LogP contribution in [0.3, 0.4) is 0 Å². The van der Waals surface area contributed by atoms with E-state index in [0.29, 0.717) is 0 Å². The number of aryl methyl sites for hydroxylation is 1. The second-order valence-corrected chi connectivity index (χ2v) is 2.09. The van der Waals surface area contributed by atoms with Gasteiger partial charge in [-0.15, -0.1) is 0 Å². The molecule has 50 valence electrons. The predicted molar refractivity (Wildman–Crippen MR) is 36.5 cm³/mol. The molecule has 2 heterocycles. The number of nitrogens with zero attached hydrogens (tertiary/aromatic N) is 2. The van der Waals surface area contributed by atoms with Crippen LogP contribution in [0.5, 0.6) is 0 Å². The maximum atomic E-state index is 5.05. The van der Waals surface area contributed by atoms with Crippen LogP contribution in [0.25, 0.3) is 11.1 Å². The standard InChI is InChI=1S/C7H6N2O/c1-5-8-4-7-6(9-5)2-3-10-7/h2-4H,1H3. The van der Waals surface area contributed by atoms with Crippen LogP contribution in [0.4, 0.5) is 0 Å². The molecule has 0 spiro atoms. The van der Waals surface area contributed by atoms with Gasteiger partial charge in [-0.05, 0) is 6.92 Å². The van der Waals surface area contributed by atoms with Gasteiger partial charge in [0.05, 0.1) is 12.5 Å². The molecule has 0 atom stereocenters. The number of hydrogen-bond donors (Lipinski definition) is 0. The quantitative estimate of drug-likeness (QED) is 0.548. The van der Waals surface area contributed by atoms with Crippen molar-refractivity contribution in [2.45, 2.75) is 6.92 Å². The molecule has 0 aliphatic rings. The number of aromatic nitrogens is 2. The fourth-order valence-corrected chi connectivity index (χ4v) is 0.858. The van der Waals surface area contributed by atoms with Crippen LogP contribution < -0.4 is 0 Å². The molecule has 2 rings (SSSR count). The van der Waals surface area contributed by atoms with Gasteiger partial charge in [-0.25, -0.2) is 9.97 Å². The van der Waals surface area contributed by atoms with Gasteiger partial charge in [0.1, 0.15) is 11.3 Å². The van der Waals surface area contributed by atoms with E-state index in [9.17, 15) is 0 Å². The van der Waals surface area contributed by atoms with Gasteiger partial charge >= 0.3 is 0 Å². The summed E-state index contributed by atoms with van der Waals surface area (Å²) in [4.78, 5) is 8.11. The van der Waals surface area contributed by atoms with E-state index in [4.69, 9.17) is 4.42 Å². The highest BCUT2D eigenvalue weighted by Crippen LogP contribution is 2.09. The first-order valence-electron chi connectivity index (χ1n) is 3.03. The summed E-state index contributed by atoms with van der Waals surface area (Å²) in [5.74, 6) is 0.772. The number of hydrogen-bond acceptors (Lipinski definition) is 3. The van der Waals surface area contributed by atoms with Crippen LogP contribution in [0.15, 0.2) is 22.9 Å². The Kier molecular flexibility index (Phi) is 0.974. The lowest BCUT2D eigenvalue weighted by Gasteiger charge is -1.87. The molecular weight excluding hydrogens is 128 g/mol. The van der Waals surface area contributed by atoms with Gasteiger partial charge in [0, 0.05) is 6.07 Å². The first kappa shape index (κ1) is 5.41. The lowest BCUT2D eigenvalue weighted by molar-refractivity contribution is 0.613. The molecule has 0 N–H and O–H groups in total. The summed E-state index contributed by atoms with van der Waals surface area (Å²) in [5, 5.41) is 0. The van der Waals surface area contributed by atoms with E-state index in [0.717, 1.165) is 16.9 Å². The second kappa shape index (κ2) is 1.80. The van der Waals surface area contributed by atoms with Gasteiger partial charge in [0.2, 0.25) is 0 Å². The molecule has 2 aromatic rings. The molecule has 0 bridgehead atoms. The van der Waals surface area contributed by atoms with E-state index >= 15 is 0 Å². The monoisotopic (exact) mass is 134 g/mol. The van der Waals surface area contributed by atoms with Crippen molar-refractivity contribution in [2.75, 3.05) is 0 Å². The molecule has 0 fully saturated rings. The Hall–Kier alpha value is -1.38. The van der Waals surface area contributed by atoms with Crippen LogP contribution in [0.1, 0.15) is 5.82 Å². The molecule has 3 heteroatoms. The van der Waals surface area contributed by atoms with Crippen molar-refractivity contribution in [1.29, 1.82) is 0 Å². The molecule has 10 heavy (non-hydrogen) atoms. The number of furan rings is 1. The van der Waals surface area contributed by atoms with Crippen molar-refractivity contribution in [3.05, 3.63) is 24.4 Å². The molecule has 0 aliphatic carbocycles. The molecular formula is C7H6N2O. The summed E-state index contributed by atoms with van der Waals surface area (Å²) < 4.78 is 5.05. The van der Waals surface area contributed by atoms with Crippen LogP contribution >= 0.6 is 0 Å². The first-order chi connectivity index (χ1) is 4.86. The van der Waals surface area contributed by atoms with Crippen LogP contribution in [0.2, 0.25) is 0 Å². The van der Waals surface area contributed by atoms with Crippen LogP contribution in [0, 0.1) is 6.92 Å². The SMILES string of the molecule is Cc1ncc2occc2n1. The molecule has 0 amide bonds. The topological polar surface area (TPSA) is 38.9 Å². The smallest absolute Gasteiger partial charge is 0.170 e. The van der Waals surface area contributed by atoms with Gasteiger partial charge in [0.25, 0.3) is 0 Å². The zero-order valence-electron chi connectivity index (χ0n) is 5.53. The van der Waals surface area contributed by atoms with E-state index in [-0.39, 0.29) is 0 Å². The maximum Gasteiger partial charge on any atom is 0.170 e. The third kappa shape index (κ3) is 0.673. The first-order valence-corrected chi connectivity index (χ1v) is 3.03. The third-order valence-corrected chi connectivity index (χ3v) is 1.32. The van der Waals surface area contributed by atoms with Crippen molar-refractivity contribution in [3.63, 3.8) is 0 Å². The minimum absolute atomic E-state index is 0.741. The Labute approximate surface area is 57.7 Å². The predicted octanol–water partition coefficient (Wildman–Crippen LogP) is 1.53. The molecule has 0 aromatic carbocycles. The summed E-state index contributed by atoms with van der Waals surface area (Å²) in [6, 6.07) is 1.82. The average Bonchev–Trinajstić information content (AvgIpc) is 2.33. The molecule has 3 nitrogen and oxygen atoms in total. The summed E-state index contributed by atoms with van der Waals surface area (Å²) >= 11 is 0. The summed E-state index contributed by atoms with van der Waals surface area (Å²) in [5.41, 5.74) is 1.61. The highest BCUT2D eigenvalue weighted by Gasteiger charge is 1.96. The van der Waals surface area contributed by atoms with Gasteiger partial charge in [-0.2, -0.15) is 0 Å². The van der Waals surface area contributed by atoms with Crippen molar-refractivity contribution < 1.29 is 4.42 Å². The van der Waals surface area contributed by atoms with Crippen molar-refractivity contribution in [1.82, 2.24) is 9.97 Å². The van der Waals surface area contributed by atoms with Crippen molar-refractivity contribution in [2.24, 2.45) is 0 Å². The Morgan fingerprint density at radius 3 is 3.30 bits per heavy atom. The van der Waals surface area contributed by atoms with Gasteiger partial charge < -0.3 is 4.42 Å². The highest BCUT2D eigenvalue weighted by atomic mass is 16.3. The van der Waals surface area contributed by atoms with E-state index in [1.165, 1.54) is 0 Å². The Morgan fingerprint density at radius 1 is 1.50 bits per heavy atom. The molecule has 0 saturated carbocycles. The number of rotatable bonds is 0. The largest absolute Gasteiger partial charge is 0.461 e. The third-order valence-electron chi connectivity index (χ3n) is 1.32. The lowest BCUT2D eigenvalue weighted by Crippen LogP contribution is -1.83. The summed E-state index contributed by atoms with van der Waals surface area (Å²) in [6.07, 6.45) is 3.29. The lowest BCUT2D eigenvalue weighted by atomic mass is 10.4. The normalized spacial score (nSPS) is 10.5. The Balaban J connectivity index is 2.86. The molecule has 2 aromatic heterocycles. The van der Waals surface area contributed by atoms with Crippen LogP contribution in [-0.4, -0.2) is 9.97 Å². The van der Waals surface area contributed by atoms with E-state index in [1.54, 1.807) is 12.5 Å². The van der Waals surface area contributed by atoms with Gasteiger partial charge in [-0.1, -0.05) is 0 Å². The van der Waals surface area contributed by atoms with E-state index < -0.39 is 0 Å². The zero-order valence-corrected chi connectivity index (χ0v) is 5.53. The Morgan fingerprint density at radius 2 is 2.40 bits per heavy atom. The summed E-state index contributed by atoms with van der Waals surface area (Å²) in [7, 11) is 0. The highest BCUT2D eigenvalue weighted by molar-refractivity contribution is 5.70. The second-order valence-electron chi connectivity index (χ2n) is 2.09. The van der Waals surface area contributed by atoms with Gasteiger partial charge in [-0.3, -0.25) is 0 Å². The Bertz CT molecular complexity index is 353. The fraction of sp³-hybridized carbons (Fsp3) is 0.143.